The zero-order chi connectivity index (χ0) is 17.5. The lowest BCUT2D eigenvalue weighted by Crippen LogP contribution is -2.41. The number of allylic oxidation sites excluding steroid dienone is 1. The Kier molecular flexibility index (Phi) is 5.87. The molecule has 3 N–H and O–H groups in total. The summed E-state index contributed by atoms with van der Waals surface area (Å²) >= 11 is 4.79. The normalized spacial score (nSPS) is 13.1. The van der Waals surface area contributed by atoms with Gasteiger partial charge in [-0.15, -0.1) is 0 Å². The molecule has 0 unspecified atom stereocenters. The monoisotopic (exact) mass is 345 g/mol. The molecule has 1 heterocycles. The quantitative estimate of drug-likeness (QED) is 0.749. The minimum absolute atomic E-state index is 0.125. The van der Waals surface area contributed by atoms with Gasteiger partial charge in [0.1, 0.15) is 23.3 Å². The fourth-order valence-corrected chi connectivity index (χ4v) is 2.48. The Morgan fingerprint density at radius 3 is 2.50 bits per heavy atom. The second kappa shape index (κ2) is 8.08. The van der Waals surface area contributed by atoms with Gasteiger partial charge in [-0.1, -0.05) is 6.07 Å². The highest BCUT2D eigenvalue weighted by Crippen LogP contribution is 2.29. The van der Waals surface area contributed by atoms with Crippen molar-refractivity contribution < 1.29 is 9.47 Å². The first kappa shape index (κ1) is 17.4. The molecule has 0 saturated carbocycles. The highest BCUT2D eigenvalue weighted by atomic mass is 32.1. The third-order valence-corrected chi connectivity index (χ3v) is 3.56. The average molecular weight is 345 g/mol. The van der Waals surface area contributed by atoms with E-state index in [9.17, 15) is 5.26 Å². The van der Waals surface area contributed by atoms with Gasteiger partial charge in [0.2, 0.25) is 0 Å². The molecule has 2 rings (SSSR count). The van der Waals surface area contributed by atoms with E-state index in [0.29, 0.717) is 18.7 Å². The predicted molar refractivity (Wildman–Crippen MR) is 94.6 cm³/mol. The van der Waals surface area contributed by atoms with Gasteiger partial charge in [0, 0.05) is 24.5 Å². The van der Waals surface area contributed by atoms with Crippen LogP contribution in [0.1, 0.15) is 5.56 Å². The largest absolute Gasteiger partial charge is 0.496 e. The number of hydrogen-bond donors (Lipinski definition) is 2. The molecule has 0 spiro atoms. The molecule has 0 fully saturated rings. The van der Waals surface area contributed by atoms with Crippen LogP contribution in [-0.4, -0.2) is 35.8 Å². The number of hydrazine groups is 1. The van der Waals surface area contributed by atoms with Crippen LogP contribution in [0.25, 0.3) is 0 Å². The van der Waals surface area contributed by atoms with Crippen LogP contribution < -0.4 is 20.6 Å². The van der Waals surface area contributed by atoms with Crippen LogP contribution >= 0.6 is 12.2 Å². The molecule has 1 aliphatic heterocycles. The van der Waals surface area contributed by atoms with Crippen LogP contribution in [-0.2, 0) is 6.42 Å². The molecule has 0 bridgehead atoms. The maximum atomic E-state index is 9.35. The summed E-state index contributed by atoms with van der Waals surface area (Å²) < 4.78 is 10.8. The second-order valence-electron chi connectivity index (χ2n) is 4.89. The Morgan fingerprint density at radius 1 is 1.29 bits per heavy atom. The predicted octanol–water partition coefficient (Wildman–Crippen LogP) is 1.45. The Labute approximate surface area is 146 Å². The third kappa shape index (κ3) is 4.08. The Balaban J connectivity index is 2.12. The van der Waals surface area contributed by atoms with Crippen LogP contribution in [0.5, 0.6) is 11.5 Å². The summed E-state index contributed by atoms with van der Waals surface area (Å²) in [5.74, 6) is 1.52. The molecule has 8 heteroatoms. The highest BCUT2D eigenvalue weighted by molar-refractivity contribution is 7.80. The lowest BCUT2D eigenvalue weighted by Gasteiger charge is -2.28. The first-order chi connectivity index (χ1) is 11.6. The molecule has 0 aliphatic carbocycles. The summed E-state index contributed by atoms with van der Waals surface area (Å²) in [5.41, 5.74) is 9.60. The van der Waals surface area contributed by atoms with E-state index >= 15 is 0 Å². The van der Waals surface area contributed by atoms with Crippen molar-refractivity contribution in [3.63, 3.8) is 0 Å². The summed E-state index contributed by atoms with van der Waals surface area (Å²) in [6, 6.07) is 7.81. The van der Waals surface area contributed by atoms with E-state index in [0.717, 1.165) is 17.1 Å². The molecule has 0 aromatic heterocycles. The van der Waals surface area contributed by atoms with Crippen molar-refractivity contribution in [2.75, 3.05) is 20.8 Å². The molecule has 0 radical (unpaired) electrons. The Bertz CT molecular complexity index is 689. The molecule has 7 nitrogen and oxygen atoms in total. The molecule has 1 aromatic rings. The van der Waals surface area contributed by atoms with Gasteiger partial charge in [-0.05, 0) is 30.8 Å². The van der Waals surface area contributed by atoms with Crippen molar-refractivity contribution in [3.05, 3.63) is 48.1 Å². The van der Waals surface area contributed by atoms with Gasteiger partial charge in [-0.3, -0.25) is 10.4 Å². The van der Waals surface area contributed by atoms with Gasteiger partial charge >= 0.3 is 0 Å². The number of hydrogen-bond acceptors (Lipinski definition) is 6. The van der Waals surface area contributed by atoms with Gasteiger partial charge in [0.15, 0.2) is 5.11 Å². The van der Waals surface area contributed by atoms with Crippen molar-refractivity contribution in [1.82, 2.24) is 15.3 Å². The summed E-state index contributed by atoms with van der Waals surface area (Å²) in [4.78, 5) is 1.84. The fraction of sp³-hybridized carbons (Fsp3) is 0.250. The first-order valence-corrected chi connectivity index (χ1v) is 7.61. The smallest absolute Gasteiger partial charge is 0.183 e. The van der Waals surface area contributed by atoms with E-state index in [4.69, 9.17) is 27.4 Å². The van der Waals surface area contributed by atoms with Crippen molar-refractivity contribution in [1.29, 1.82) is 5.26 Å². The minimum Gasteiger partial charge on any atom is -0.496 e. The lowest BCUT2D eigenvalue weighted by atomic mass is 10.1. The number of rotatable bonds is 6. The molecular weight excluding hydrogens is 326 g/mol. The fourth-order valence-electron chi connectivity index (χ4n) is 2.37. The lowest BCUT2D eigenvalue weighted by molar-refractivity contribution is 0.366. The molecular formula is C16H19N5O2S. The number of methoxy groups -OCH3 is 2. The molecule has 0 amide bonds. The van der Waals surface area contributed by atoms with Crippen molar-refractivity contribution in [2.45, 2.75) is 6.42 Å². The van der Waals surface area contributed by atoms with Gasteiger partial charge in [0.05, 0.1) is 20.4 Å². The zero-order valence-corrected chi connectivity index (χ0v) is 14.3. The highest BCUT2D eigenvalue weighted by Gasteiger charge is 2.16. The van der Waals surface area contributed by atoms with Gasteiger partial charge in [0.25, 0.3) is 0 Å². The van der Waals surface area contributed by atoms with Crippen molar-refractivity contribution in [2.24, 2.45) is 5.73 Å². The van der Waals surface area contributed by atoms with Gasteiger partial charge in [-0.25, -0.2) is 0 Å². The van der Waals surface area contributed by atoms with Crippen LogP contribution in [0.3, 0.4) is 0 Å². The maximum absolute atomic E-state index is 9.35. The number of benzene rings is 1. The van der Waals surface area contributed by atoms with E-state index in [2.05, 4.69) is 11.5 Å². The summed E-state index contributed by atoms with van der Waals surface area (Å²) in [5, 5.41) is 11.0. The number of nitriles is 1. The van der Waals surface area contributed by atoms with Crippen LogP contribution in [0.2, 0.25) is 0 Å². The first-order valence-electron chi connectivity index (χ1n) is 7.20. The summed E-state index contributed by atoms with van der Waals surface area (Å²) in [6.45, 7) is 0.591. The Morgan fingerprint density at radius 2 is 1.96 bits per heavy atom. The standard InChI is InChI=1S/C16H19N5O2S/c1-22-14-4-3-5-15(23-2)13(14)6-7-20-8-9-21(19-16(18)24)11-12(20)10-17/h3-5,8-9,11H,6-7H2,1-2H3,(H3,18,19,24). The van der Waals surface area contributed by atoms with Gasteiger partial charge < -0.3 is 20.1 Å². The van der Waals surface area contributed by atoms with Crippen LogP contribution in [0.4, 0.5) is 0 Å². The van der Waals surface area contributed by atoms with Gasteiger partial charge in [-0.2, -0.15) is 5.26 Å². The zero-order valence-electron chi connectivity index (χ0n) is 13.5. The maximum Gasteiger partial charge on any atom is 0.183 e. The molecule has 24 heavy (non-hydrogen) atoms. The van der Waals surface area contributed by atoms with E-state index in [1.807, 2.05) is 23.1 Å². The number of ether oxygens (including phenoxy) is 2. The SMILES string of the molecule is COc1cccc(OC)c1CCN1C=CN(NC(N)=S)C=C1C#N. The average Bonchev–Trinajstić information content (AvgIpc) is 2.59. The molecule has 126 valence electrons. The van der Waals surface area contributed by atoms with E-state index in [-0.39, 0.29) is 5.11 Å². The van der Waals surface area contributed by atoms with Crippen molar-refractivity contribution >= 4 is 17.3 Å². The van der Waals surface area contributed by atoms with Crippen LogP contribution in [0.15, 0.2) is 42.5 Å². The molecule has 0 atom stereocenters. The number of nitrogens with two attached hydrogens (primary N) is 1. The van der Waals surface area contributed by atoms with E-state index < -0.39 is 0 Å². The Hall–Kier alpha value is -2.92. The van der Waals surface area contributed by atoms with E-state index in [1.165, 1.54) is 0 Å². The molecule has 0 saturated heterocycles. The molecule has 1 aliphatic rings. The number of thiocarbonyl (C=S) groups is 1. The number of nitrogens with one attached hydrogen (secondary N) is 1. The molecule has 1 aromatic carbocycles. The summed E-state index contributed by atoms with van der Waals surface area (Å²) in [6.07, 6.45) is 5.79. The number of nitrogens with zero attached hydrogens (tertiary/aromatic N) is 3. The summed E-state index contributed by atoms with van der Waals surface area (Å²) in [7, 11) is 3.25. The second-order valence-corrected chi connectivity index (χ2v) is 5.33. The minimum atomic E-state index is 0.125. The third-order valence-electron chi connectivity index (χ3n) is 3.46. The van der Waals surface area contributed by atoms with E-state index in [1.54, 1.807) is 37.8 Å². The topological polar surface area (TPSA) is 86.8 Å². The van der Waals surface area contributed by atoms with Crippen LogP contribution in [0, 0.1) is 11.3 Å². The van der Waals surface area contributed by atoms with Crippen molar-refractivity contribution in [3.8, 4) is 17.6 Å².